The average Bonchev–Trinajstić information content (AvgIpc) is 2.46. The molecule has 3 nitrogen and oxygen atoms in total. The van der Waals surface area contributed by atoms with E-state index in [0.717, 1.165) is 23.9 Å². The predicted molar refractivity (Wildman–Crippen MR) is 80.7 cm³/mol. The molecule has 0 saturated carbocycles. The van der Waals surface area contributed by atoms with Crippen LogP contribution in [0.1, 0.15) is 22.3 Å². The van der Waals surface area contributed by atoms with Crippen LogP contribution in [-0.4, -0.2) is 16.2 Å². The van der Waals surface area contributed by atoms with Crippen molar-refractivity contribution in [2.75, 3.05) is 10.6 Å². The van der Waals surface area contributed by atoms with Crippen molar-refractivity contribution in [2.24, 2.45) is 0 Å². The molecule has 0 aliphatic rings. The molecule has 1 aromatic carbocycles. The van der Waals surface area contributed by atoms with E-state index in [1.54, 1.807) is 24.5 Å². The molecule has 4 heteroatoms. The molecule has 1 N–H and O–H groups in total. The third-order valence-electron chi connectivity index (χ3n) is 2.71. The molecule has 98 valence electrons. The Hall–Kier alpha value is -1.68. The van der Waals surface area contributed by atoms with E-state index in [2.05, 4.69) is 32.3 Å². The number of carbonyl (C=O) groups is 1. The second kappa shape index (κ2) is 7.04. The number of nitrogens with zero attached hydrogens (tertiary/aromatic N) is 1. The summed E-state index contributed by atoms with van der Waals surface area (Å²) in [6.07, 6.45) is 5.30. The van der Waals surface area contributed by atoms with Crippen LogP contribution in [-0.2, 0) is 6.42 Å². The van der Waals surface area contributed by atoms with Crippen molar-refractivity contribution >= 4 is 27.5 Å². The standard InChI is InChI=1S/C15H15BrN2O/c16-8-2-5-12-4-1-7-14(10-12)18-15(19)13-6-3-9-17-11-13/h1,3-4,6-7,9-11H,2,5,8H2,(H,18,19). The number of aryl methyl sites for hydroxylation is 1. The first-order chi connectivity index (χ1) is 9.29. The van der Waals surface area contributed by atoms with Gasteiger partial charge in [-0.05, 0) is 42.7 Å². The summed E-state index contributed by atoms with van der Waals surface area (Å²) in [6.45, 7) is 0. The van der Waals surface area contributed by atoms with E-state index in [4.69, 9.17) is 0 Å². The number of carbonyl (C=O) groups excluding carboxylic acids is 1. The molecule has 0 radical (unpaired) electrons. The third-order valence-corrected chi connectivity index (χ3v) is 3.27. The topological polar surface area (TPSA) is 42.0 Å². The fraction of sp³-hybridized carbons (Fsp3) is 0.200. The van der Waals surface area contributed by atoms with Crippen LogP contribution in [0.4, 0.5) is 5.69 Å². The highest BCUT2D eigenvalue weighted by molar-refractivity contribution is 9.09. The molecular weight excluding hydrogens is 304 g/mol. The second-order valence-electron chi connectivity index (χ2n) is 4.19. The molecule has 1 aromatic heterocycles. The van der Waals surface area contributed by atoms with E-state index in [9.17, 15) is 4.79 Å². The highest BCUT2D eigenvalue weighted by atomic mass is 79.9. The highest BCUT2D eigenvalue weighted by Gasteiger charge is 2.05. The van der Waals surface area contributed by atoms with Crippen molar-refractivity contribution in [3.05, 3.63) is 59.9 Å². The van der Waals surface area contributed by atoms with Crippen molar-refractivity contribution < 1.29 is 4.79 Å². The molecule has 1 amide bonds. The number of amides is 1. The Morgan fingerprint density at radius 1 is 1.26 bits per heavy atom. The Kier molecular flexibility index (Phi) is 5.10. The minimum absolute atomic E-state index is 0.134. The Morgan fingerprint density at radius 3 is 2.89 bits per heavy atom. The molecule has 2 aromatic rings. The Labute approximate surface area is 121 Å². The molecule has 1 heterocycles. The maximum absolute atomic E-state index is 12.0. The van der Waals surface area contributed by atoms with Gasteiger partial charge in [0.15, 0.2) is 0 Å². The van der Waals surface area contributed by atoms with Gasteiger partial charge in [0.25, 0.3) is 5.91 Å². The summed E-state index contributed by atoms with van der Waals surface area (Å²) in [5.74, 6) is -0.134. The summed E-state index contributed by atoms with van der Waals surface area (Å²) in [5.41, 5.74) is 2.61. The maximum Gasteiger partial charge on any atom is 0.257 e. The van der Waals surface area contributed by atoms with E-state index >= 15 is 0 Å². The van der Waals surface area contributed by atoms with Gasteiger partial charge in [0.05, 0.1) is 5.56 Å². The lowest BCUT2D eigenvalue weighted by Gasteiger charge is -2.07. The quantitative estimate of drug-likeness (QED) is 0.855. The van der Waals surface area contributed by atoms with Crippen LogP contribution in [0.15, 0.2) is 48.8 Å². The van der Waals surface area contributed by atoms with Crippen LogP contribution in [0.3, 0.4) is 0 Å². The molecule has 0 aliphatic carbocycles. The van der Waals surface area contributed by atoms with Gasteiger partial charge in [-0.3, -0.25) is 9.78 Å². The first kappa shape index (κ1) is 13.7. The molecule has 19 heavy (non-hydrogen) atoms. The average molecular weight is 319 g/mol. The fourth-order valence-electron chi connectivity index (χ4n) is 1.78. The lowest BCUT2D eigenvalue weighted by molar-refractivity contribution is 0.102. The van der Waals surface area contributed by atoms with Gasteiger partial charge in [0.1, 0.15) is 0 Å². The number of nitrogens with one attached hydrogen (secondary N) is 1. The van der Waals surface area contributed by atoms with Crippen molar-refractivity contribution in [3.63, 3.8) is 0 Å². The molecule has 0 bridgehead atoms. The SMILES string of the molecule is O=C(Nc1cccc(CCCBr)c1)c1cccnc1. The molecule has 0 unspecified atom stereocenters. The van der Waals surface area contributed by atoms with E-state index in [-0.39, 0.29) is 5.91 Å². The van der Waals surface area contributed by atoms with Gasteiger partial charge in [-0.25, -0.2) is 0 Å². The van der Waals surface area contributed by atoms with Crippen molar-refractivity contribution in [1.82, 2.24) is 4.98 Å². The summed E-state index contributed by atoms with van der Waals surface area (Å²) < 4.78 is 0. The number of aromatic nitrogens is 1. The van der Waals surface area contributed by atoms with Gasteiger partial charge in [0, 0.05) is 23.4 Å². The third kappa shape index (κ3) is 4.17. The van der Waals surface area contributed by atoms with Gasteiger partial charge in [-0.15, -0.1) is 0 Å². The number of rotatable bonds is 5. The highest BCUT2D eigenvalue weighted by Crippen LogP contribution is 2.14. The Balaban J connectivity index is 2.05. The van der Waals surface area contributed by atoms with Gasteiger partial charge < -0.3 is 5.32 Å². The molecule has 0 aliphatic heterocycles. The number of hydrogen-bond donors (Lipinski definition) is 1. The largest absolute Gasteiger partial charge is 0.322 e. The van der Waals surface area contributed by atoms with Crippen LogP contribution < -0.4 is 5.32 Å². The normalized spacial score (nSPS) is 10.2. The van der Waals surface area contributed by atoms with Gasteiger partial charge in [-0.1, -0.05) is 28.1 Å². The first-order valence-corrected chi connectivity index (χ1v) is 7.28. The Morgan fingerprint density at radius 2 is 2.16 bits per heavy atom. The molecule has 0 fully saturated rings. The smallest absolute Gasteiger partial charge is 0.257 e. The van der Waals surface area contributed by atoms with Crippen molar-refractivity contribution in [2.45, 2.75) is 12.8 Å². The summed E-state index contributed by atoms with van der Waals surface area (Å²) in [5, 5.41) is 3.87. The number of alkyl halides is 1. The molecule has 0 spiro atoms. The molecule has 0 saturated heterocycles. The summed E-state index contributed by atoms with van der Waals surface area (Å²) in [4.78, 5) is 15.9. The number of hydrogen-bond acceptors (Lipinski definition) is 2. The zero-order chi connectivity index (χ0) is 13.5. The van der Waals surface area contributed by atoms with E-state index in [1.807, 2.05) is 18.2 Å². The van der Waals surface area contributed by atoms with E-state index < -0.39 is 0 Å². The molecule has 2 rings (SSSR count). The van der Waals surface area contributed by atoms with Crippen LogP contribution in [0, 0.1) is 0 Å². The van der Waals surface area contributed by atoms with Crippen LogP contribution in [0.2, 0.25) is 0 Å². The minimum Gasteiger partial charge on any atom is -0.322 e. The van der Waals surface area contributed by atoms with E-state index in [0.29, 0.717) is 5.56 Å². The van der Waals surface area contributed by atoms with Crippen LogP contribution in [0.25, 0.3) is 0 Å². The first-order valence-electron chi connectivity index (χ1n) is 6.16. The summed E-state index contributed by atoms with van der Waals surface area (Å²) in [6, 6.07) is 11.4. The lowest BCUT2D eigenvalue weighted by Crippen LogP contribution is -2.12. The van der Waals surface area contributed by atoms with E-state index in [1.165, 1.54) is 5.56 Å². The zero-order valence-electron chi connectivity index (χ0n) is 10.5. The van der Waals surface area contributed by atoms with Crippen molar-refractivity contribution in [3.8, 4) is 0 Å². The fourth-order valence-corrected chi connectivity index (χ4v) is 2.06. The number of benzene rings is 1. The second-order valence-corrected chi connectivity index (χ2v) is 4.98. The summed E-state index contributed by atoms with van der Waals surface area (Å²) >= 11 is 3.42. The van der Waals surface area contributed by atoms with Gasteiger partial charge >= 0.3 is 0 Å². The number of anilines is 1. The van der Waals surface area contributed by atoms with Crippen LogP contribution in [0.5, 0.6) is 0 Å². The lowest BCUT2D eigenvalue weighted by atomic mass is 10.1. The Bertz CT molecular complexity index is 543. The minimum atomic E-state index is -0.134. The van der Waals surface area contributed by atoms with Crippen molar-refractivity contribution in [1.29, 1.82) is 0 Å². The summed E-state index contributed by atoms with van der Waals surface area (Å²) in [7, 11) is 0. The number of halogens is 1. The number of pyridine rings is 1. The molecule has 0 atom stereocenters. The molecular formula is C15H15BrN2O. The monoisotopic (exact) mass is 318 g/mol. The van der Waals surface area contributed by atoms with Gasteiger partial charge in [0.2, 0.25) is 0 Å². The zero-order valence-corrected chi connectivity index (χ0v) is 12.1. The van der Waals surface area contributed by atoms with Gasteiger partial charge in [-0.2, -0.15) is 0 Å². The maximum atomic E-state index is 12.0. The predicted octanol–water partition coefficient (Wildman–Crippen LogP) is 3.66. The van der Waals surface area contributed by atoms with Crippen LogP contribution >= 0.6 is 15.9 Å².